The fraction of sp³-hybridized carbons (Fsp3) is 0.500. The summed E-state index contributed by atoms with van der Waals surface area (Å²) in [6.07, 6.45) is 1.81. The Morgan fingerprint density at radius 1 is 1.32 bits per heavy atom. The second-order valence-corrected chi connectivity index (χ2v) is 7.02. The van der Waals surface area contributed by atoms with Crippen molar-refractivity contribution in [3.8, 4) is 5.75 Å². The summed E-state index contributed by atoms with van der Waals surface area (Å²) in [5.41, 5.74) is 0. The maximum absolute atomic E-state index is 13.3. The molecule has 0 amide bonds. The number of hydrogen-bond acceptors (Lipinski definition) is 4. The summed E-state index contributed by atoms with van der Waals surface area (Å²) in [6, 6.07) is 3.02. The summed E-state index contributed by atoms with van der Waals surface area (Å²) in [4.78, 5) is 10.8. The van der Waals surface area contributed by atoms with Gasteiger partial charge in [-0.1, -0.05) is 0 Å². The van der Waals surface area contributed by atoms with Gasteiger partial charge in [-0.05, 0) is 37.8 Å². The normalized spacial score (nSPS) is 22.3. The van der Waals surface area contributed by atoms with Crippen molar-refractivity contribution < 1.29 is 27.4 Å². The highest BCUT2D eigenvalue weighted by Gasteiger charge is 2.29. The van der Waals surface area contributed by atoms with E-state index < -0.39 is 27.7 Å². The number of hydrogen-bond donors (Lipinski definition) is 2. The molecule has 0 atom stereocenters. The molecule has 1 aromatic rings. The molecule has 0 unspecified atom stereocenters. The molecule has 1 aromatic carbocycles. The maximum Gasteiger partial charge on any atom is 0.306 e. The molecule has 8 heteroatoms. The molecule has 1 saturated carbocycles. The van der Waals surface area contributed by atoms with E-state index in [1.165, 1.54) is 13.2 Å². The number of methoxy groups -OCH3 is 1. The van der Waals surface area contributed by atoms with Crippen LogP contribution in [-0.2, 0) is 14.8 Å². The van der Waals surface area contributed by atoms with E-state index in [0.717, 1.165) is 12.1 Å². The molecule has 1 aliphatic carbocycles. The highest BCUT2D eigenvalue weighted by Crippen LogP contribution is 2.26. The summed E-state index contributed by atoms with van der Waals surface area (Å²) in [5, 5.41) is 8.93. The quantitative estimate of drug-likeness (QED) is 0.857. The van der Waals surface area contributed by atoms with E-state index in [1.54, 1.807) is 0 Å². The smallest absolute Gasteiger partial charge is 0.306 e. The minimum atomic E-state index is -3.79. The first kappa shape index (κ1) is 16.7. The van der Waals surface area contributed by atoms with Gasteiger partial charge in [-0.15, -0.1) is 0 Å². The zero-order valence-corrected chi connectivity index (χ0v) is 12.9. The number of nitrogens with one attached hydrogen (secondary N) is 1. The van der Waals surface area contributed by atoms with Crippen molar-refractivity contribution in [2.24, 2.45) is 5.92 Å². The minimum Gasteiger partial charge on any atom is -0.494 e. The first-order valence-corrected chi connectivity index (χ1v) is 8.40. The molecule has 22 heavy (non-hydrogen) atoms. The van der Waals surface area contributed by atoms with E-state index in [4.69, 9.17) is 9.84 Å². The Bertz CT molecular complexity index is 653. The molecule has 0 bridgehead atoms. The van der Waals surface area contributed by atoms with Gasteiger partial charge in [0.1, 0.15) is 0 Å². The van der Waals surface area contributed by atoms with Crippen molar-refractivity contribution >= 4 is 16.0 Å². The van der Waals surface area contributed by atoms with Crippen LogP contribution in [-0.4, -0.2) is 32.6 Å². The Hall–Kier alpha value is -1.67. The van der Waals surface area contributed by atoms with E-state index in [9.17, 15) is 17.6 Å². The minimum absolute atomic E-state index is 0.0777. The van der Waals surface area contributed by atoms with Crippen LogP contribution in [0.2, 0.25) is 0 Å². The van der Waals surface area contributed by atoms with Crippen molar-refractivity contribution in [2.75, 3.05) is 7.11 Å². The average molecular weight is 331 g/mol. The summed E-state index contributed by atoms with van der Waals surface area (Å²) in [5.74, 6) is -2.03. The van der Waals surface area contributed by atoms with Crippen molar-refractivity contribution in [2.45, 2.75) is 36.6 Å². The Morgan fingerprint density at radius 2 is 1.95 bits per heavy atom. The van der Waals surface area contributed by atoms with E-state index in [-0.39, 0.29) is 16.7 Å². The predicted octanol–water partition coefficient (Wildman–Crippen LogP) is 1.76. The summed E-state index contributed by atoms with van der Waals surface area (Å²) in [7, 11) is -2.53. The van der Waals surface area contributed by atoms with Crippen LogP contribution in [0.1, 0.15) is 25.7 Å². The van der Waals surface area contributed by atoms with Gasteiger partial charge < -0.3 is 9.84 Å². The van der Waals surface area contributed by atoms with E-state index in [2.05, 4.69) is 4.72 Å². The molecule has 0 spiro atoms. The summed E-state index contributed by atoms with van der Waals surface area (Å²) in [6.45, 7) is 0. The van der Waals surface area contributed by atoms with Crippen LogP contribution in [0.4, 0.5) is 4.39 Å². The molecule has 0 saturated heterocycles. The Balaban J connectivity index is 2.07. The van der Waals surface area contributed by atoms with Gasteiger partial charge >= 0.3 is 5.97 Å². The van der Waals surface area contributed by atoms with Crippen LogP contribution in [0.15, 0.2) is 23.1 Å². The first-order valence-electron chi connectivity index (χ1n) is 6.92. The van der Waals surface area contributed by atoms with Gasteiger partial charge in [-0.25, -0.2) is 17.5 Å². The fourth-order valence-corrected chi connectivity index (χ4v) is 3.87. The topological polar surface area (TPSA) is 92.7 Å². The second kappa shape index (κ2) is 6.62. The fourth-order valence-electron chi connectivity index (χ4n) is 2.55. The zero-order chi connectivity index (χ0) is 16.3. The van der Waals surface area contributed by atoms with Crippen LogP contribution in [0.3, 0.4) is 0 Å². The number of carboxylic acids is 1. The Labute approximate surface area is 128 Å². The summed E-state index contributed by atoms with van der Waals surface area (Å²) < 4.78 is 45.2. The molecule has 0 heterocycles. The maximum atomic E-state index is 13.3. The molecule has 6 nitrogen and oxygen atoms in total. The van der Waals surface area contributed by atoms with Crippen molar-refractivity contribution in [1.29, 1.82) is 0 Å². The molecule has 122 valence electrons. The predicted molar refractivity (Wildman–Crippen MR) is 76.7 cm³/mol. The number of sulfonamides is 1. The lowest BCUT2D eigenvalue weighted by Crippen LogP contribution is -2.38. The molecule has 0 aliphatic heterocycles. The molecule has 1 fully saturated rings. The Kier molecular flexibility index (Phi) is 5.02. The second-order valence-electron chi connectivity index (χ2n) is 5.30. The molecule has 2 rings (SSSR count). The van der Waals surface area contributed by atoms with Gasteiger partial charge in [-0.3, -0.25) is 4.79 Å². The number of rotatable bonds is 5. The molecule has 1 aliphatic rings. The molecule has 0 radical (unpaired) electrons. The number of aliphatic carboxylic acids is 1. The standard InChI is InChI=1S/C14H18FNO5S/c1-21-13-8-11(6-7-12(13)15)22(19,20)16-10-4-2-9(3-5-10)14(17)18/h6-10,16H,2-5H2,1H3,(H,17,18). The monoisotopic (exact) mass is 331 g/mol. The van der Waals surface area contributed by atoms with Gasteiger partial charge in [0.2, 0.25) is 10.0 Å². The average Bonchev–Trinajstić information content (AvgIpc) is 2.47. The van der Waals surface area contributed by atoms with Crippen molar-refractivity contribution in [3.05, 3.63) is 24.0 Å². The lowest BCUT2D eigenvalue weighted by atomic mass is 9.87. The van der Waals surface area contributed by atoms with Crippen molar-refractivity contribution in [3.63, 3.8) is 0 Å². The van der Waals surface area contributed by atoms with Gasteiger partial charge in [0, 0.05) is 12.1 Å². The number of carboxylic acid groups (broad SMARTS) is 1. The van der Waals surface area contributed by atoms with Gasteiger partial charge in [0.05, 0.1) is 17.9 Å². The zero-order valence-electron chi connectivity index (χ0n) is 12.1. The van der Waals surface area contributed by atoms with Crippen LogP contribution in [0, 0.1) is 11.7 Å². The lowest BCUT2D eigenvalue weighted by molar-refractivity contribution is -0.142. The molecular weight excluding hydrogens is 313 g/mol. The number of carbonyl (C=O) groups is 1. The third-order valence-electron chi connectivity index (χ3n) is 3.83. The number of benzene rings is 1. The number of ether oxygens (including phenoxy) is 1. The first-order chi connectivity index (χ1) is 10.3. The third kappa shape index (κ3) is 3.75. The van der Waals surface area contributed by atoms with Crippen molar-refractivity contribution in [1.82, 2.24) is 4.72 Å². The van der Waals surface area contributed by atoms with E-state index in [0.29, 0.717) is 25.7 Å². The van der Waals surface area contributed by atoms with E-state index >= 15 is 0 Å². The third-order valence-corrected chi connectivity index (χ3v) is 5.35. The van der Waals surface area contributed by atoms with Crippen LogP contribution < -0.4 is 9.46 Å². The van der Waals surface area contributed by atoms with Crippen LogP contribution in [0.5, 0.6) is 5.75 Å². The van der Waals surface area contributed by atoms with Crippen LogP contribution in [0.25, 0.3) is 0 Å². The molecular formula is C14H18FNO5S. The molecule has 0 aromatic heterocycles. The highest BCUT2D eigenvalue weighted by atomic mass is 32.2. The largest absolute Gasteiger partial charge is 0.494 e. The SMILES string of the molecule is COc1cc(S(=O)(=O)NC2CCC(C(=O)O)CC2)ccc1F. The number of halogens is 1. The molecule has 2 N–H and O–H groups in total. The van der Waals surface area contributed by atoms with Crippen LogP contribution >= 0.6 is 0 Å². The van der Waals surface area contributed by atoms with E-state index in [1.807, 2.05) is 0 Å². The summed E-state index contributed by atoms with van der Waals surface area (Å²) >= 11 is 0. The van der Waals surface area contributed by atoms with Gasteiger partial charge in [0.25, 0.3) is 0 Å². The van der Waals surface area contributed by atoms with Gasteiger partial charge in [-0.2, -0.15) is 0 Å². The van der Waals surface area contributed by atoms with Gasteiger partial charge in [0.15, 0.2) is 11.6 Å². The lowest BCUT2D eigenvalue weighted by Gasteiger charge is -2.26. The Morgan fingerprint density at radius 3 is 2.50 bits per heavy atom. The highest BCUT2D eigenvalue weighted by molar-refractivity contribution is 7.89.